The minimum Gasteiger partial charge on any atom is -0.465 e. The molecule has 0 radical (unpaired) electrons. The zero-order valence-corrected chi connectivity index (χ0v) is 15.9. The van der Waals surface area contributed by atoms with Crippen LogP contribution < -0.4 is 10.1 Å². The van der Waals surface area contributed by atoms with Gasteiger partial charge in [-0.05, 0) is 36.8 Å². The van der Waals surface area contributed by atoms with Gasteiger partial charge in [0.15, 0.2) is 0 Å². The van der Waals surface area contributed by atoms with Crippen LogP contribution in [0.5, 0.6) is 11.5 Å². The third kappa shape index (κ3) is 5.17. The van der Waals surface area contributed by atoms with Gasteiger partial charge in [0.1, 0.15) is 23.4 Å². The Morgan fingerprint density at radius 1 is 1.15 bits per heavy atom. The number of esters is 1. The Kier molecular flexibility index (Phi) is 6.59. The molecule has 2 aromatic rings. The highest BCUT2D eigenvalue weighted by Gasteiger charge is 2.31. The van der Waals surface area contributed by atoms with Gasteiger partial charge in [0.25, 0.3) is 0 Å². The first-order valence-corrected chi connectivity index (χ1v) is 9.87. The summed E-state index contributed by atoms with van der Waals surface area (Å²) in [5.74, 6) is 1.88. The lowest BCUT2D eigenvalue weighted by atomic mass is 10.2. The number of rotatable bonds is 6. The van der Waals surface area contributed by atoms with Gasteiger partial charge >= 0.3 is 12.0 Å². The van der Waals surface area contributed by atoms with Crippen LogP contribution in [0.2, 0.25) is 0 Å². The number of urea groups is 1. The van der Waals surface area contributed by atoms with Crippen molar-refractivity contribution in [2.45, 2.75) is 12.3 Å². The molecule has 0 spiro atoms. The third-order valence-electron chi connectivity index (χ3n) is 3.96. The molecule has 27 heavy (non-hydrogen) atoms. The molecule has 3 rings (SSSR count). The molecule has 0 aliphatic carbocycles. The molecule has 0 bridgehead atoms. The Morgan fingerprint density at radius 3 is 2.70 bits per heavy atom. The van der Waals surface area contributed by atoms with E-state index in [0.29, 0.717) is 13.2 Å². The van der Waals surface area contributed by atoms with Gasteiger partial charge in [-0.15, -0.1) is 11.8 Å². The summed E-state index contributed by atoms with van der Waals surface area (Å²) in [6.07, 6.45) is 0. The Morgan fingerprint density at radius 2 is 1.93 bits per heavy atom. The Labute approximate surface area is 162 Å². The normalized spacial score (nSPS) is 16.0. The number of amides is 2. The first-order valence-electron chi connectivity index (χ1n) is 8.82. The number of hydrogen-bond donors (Lipinski definition) is 1. The largest absolute Gasteiger partial charge is 0.465 e. The number of para-hydroxylation sites is 1. The summed E-state index contributed by atoms with van der Waals surface area (Å²) >= 11 is 1.68. The maximum absolute atomic E-state index is 12.5. The number of carbonyl (C=O) groups is 2. The van der Waals surface area contributed by atoms with Crippen molar-refractivity contribution < 1.29 is 19.1 Å². The van der Waals surface area contributed by atoms with Gasteiger partial charge in [0.2, 0.25) is 0 Å². The lowest BCUT2D eigenvalue weighted by molar-refractivity contribution is -0.141. The number of carbonyl (C=O) groups excluding carboxylic acids is 2. The molecule has 142 valence electrons. The van der Waals surface area contributed by atoms with Crippen molar-refractivity contribution in [3.05, 3.63) is 60.2 Å². The zero-order valence-electron chi connectivity index (χ0n) is 15.1. The lowest BCUT2D eigenvalue weighted by Gasteiger charge is -2.24. The molecule has 1 saturated heterocycles. The summed E-state index contributed by atoms with van der Waals surface area (Å²) in [5, 5.41) is 2.51. The van der Waals surface area contributed by atoms with Gasteiger partial charge in [-0.25, -0.2) is 4.79 Å². The Balaban J connectivity index is 1.66. The molecule has 2 aromatic carbocycles. The third-order valence-corrected chi connectivity index (χ3v) is 5.22. The summed E-state index contributed by atoms with van der Waals surface area (Å²) in [6, 6.07) is 17.0. The van der Waals surface area contributed by atoms with E-state index in [0.717, 1.165) is 22.8 Å². The Hall–Kier alpha value is -2.67. The minimum absolute atomic E-state index is 0.119. The zero-order chi connectivity index (χ0) is 19.1. The Bertz CT molecular complexity index is 785. The maximum atomic E-state index is 12.5. The fraction of sp³-hybridized carbons (Fsp3) is 0.300. The molecule has 0 unspecified atom stereocenters. The molecule has 0 aromatic heterocycles. The van der Waals surface area contributed by atoms with E-state index in [9.17, 15) is 9.59 Å². The number of ether oxygens (including phenoxy) is 2. The average Bonchev–Trinajstić information content (AvgIpc) is 3.17. The highest BCUT2D eigenvalue weighted by atomic mass is 32.2. The van der Waals surface area contributed by atoms with E-state index >= 15 is 0 Å². The highest BCUT2D eigenvalue weighted by molar-refractivity contribution is 7.99. The van der Waals surface area contributed by atoms with Crippen molar-refractivity contribution in [3.63, 3.8) is 0 Å². The van der Waals surface area contributed by atoms with Crippen LogP contribution in [0.4, 0.5) is 4.79 Å². The summed E-state index contributed by atoms with van der Waals surface area (Å²) in [6.45, 7) is 2.52. The fourth-order valence-corrected chi connectivity index (χ4v) is 4.02. The van der Waals surface area contributed by atoms with E-state index in [4.69, 9.17) is 9.47 Å². The van der Waals surface area contributed by atoms with Crippen LogP contribution in [0, 0.1) is 0 Å². The van der Waals surface area contributed by atoms with Gasteiger partial charge in [-0.3, -0.25) is 4.79 Å². The predicted octanol–water partition coefficient (Wildman–Crippen LogP) is 3.80. The average molecular weight is 386 g/mol. The molecule has 7 heteroatoms. The van der Waals surface area contributed by atoms with Crippen molar-refractivity contribution in [1.29, 1.82) is 0 Å². The van der Waals surface area contributed by atoms with Gasteiger partial charge in [-0.2, -0.15) is 0 Å². The number of nitrogens with one attached hydrogen (secondary N) is 1. The van der Waals surface area contributed by atoms with Crippen LogP contribution in [0.3, 0.4) is 0 Å². The second-order valence-electron chi connectivity index (χ2n) is 5.87. The molecule has 1 aliphatic heterocycles. The summed E-state index contributed by atoms with van der Waals surface area (Å²) in [5.41, 5.74) is 0.984. The first kappa shape index (κ1) is 19.1. The van der Waals surface area contributed by atoms with Crippen molar-refractivity contribution in [2.24, 2.45) is 0 Å². The van der Waals surface area contributed by atoms with E-state index in [1.54, 1.807) is 23.6 Å². The van der Waals surface area contributed by atoms with Crippen molar-refractivity contribution in [3.8, 4) is 11.5 Å². The number of hydrogen-bond acceptors (Lipinski definition) is 5. The van der Waals surface area contributed by atoms with Crippen LogP contribution in [0.15, 0.2) is 54.6 Å². The highest BCUT2D eigenvalue weighted by Crippen LogP contribution is 2.39. The van der Waals surface area contributed by atoms with Gasteiger partial charge in [0, 0.05) is 12.3 Å². The van der Waals surface area contributed by atoms with Crippen LogP contribution in [0.25, 0.3) is 0 Å². The predicted molar refractivity (Wildman–Crippen MR) is 105 cm³/mol. The second-order valence-corrected chi connectivity index (χ2v) is 7.06. The molecule has 1 atom stereocenters. The quantitative estimate of drug-likeness (QED) is 0.765. The SMILES string of the molecule is CCOC(=O)CNC(=O)N1CCS[C@H]1c1cccc(Oc2ccccc2)c1. The fourth-order valence-electron chi connectivity index (χ4n) is 2.77. The van der Waals surface area contributed by atoms with Crippen LogP contribution >= 0.6 is 11.8 Å². The molecule has 1 heterocycles. The maximum Gasteiger partial charge on any atom is 0.325 e. The smallest absolute Gasteiger partial charge is 0.325 e. The topological polar surface area (TPSA) is 67.9 Å². The molecule has 2 amide bonds. The lowest BCUT2D eigenvalue weighted by Crippen LogP contribution is -2.41. The van der Waals surface area contributed by atoms with Gasteiger partial charge < -0.3 is 19.7 Å². The molecular formula is C20H22N2O4S. The van der Waals surface area contributed by atoms with E-state index in [-0.39, 0.29) is 17.9 Å². The van der Waals surface area contributed by atoms with Crippen LogP contribution in [-0.4, -0.2) is 42.3 Å². The summed E-state index contributed by atoms with van der Waals surface area (Å²) < 4.78 is 10.7. The molecular weight excluding hydrogens is 364 g/mol. The van der Waals surface area contributed by atoms with Crippen molar-refractivity contribution in [1.82, 2.24) is 10.2 Å². The number of thioether (sulfide) groups is 1. The van der Waals surface area contributed by atoms with Crippen molar-refractivity contribution >= 4 is 23.8 Å². The summed E-state index contributed by atoms with van der Waals surface area (Å²) in [4.78, 5) is 25.7. The minimum atomic E-state index is -0.437. The van der Waals surface area contributed by atoms with E-state index < -0.39 is 5.97 Å². The standard InChI is InChI=1S/C20H22N2O4S/c1-2-25-18(23)14-21-20(24)22-11-12-27-19(22)15-7-6-10-17(13-15)26-16-8-4-3-5-9-16/h3-10,13,19H,2,11-12,14H2,1H3,(H,21,24)/t19-/m0/s1. The van der Waals surface area contributed by atoms with Crippen molar-refractivity contribution in [2.75, 3.05) is 25.4 Å². The number of benzene rings is 2. The van der Waals surface area contributed by atoms with Gasteiger partial charge in [-0.1, -0.05) is 30.3 Å². The molecule has 1 fully saturated rings. The number of nitrogens with zero attached hydrogens (tertiary/aromatic N) is 1. The van der Waals surface area contributed by atoms with Crippen LogP contribution in [0.1, 0.15) is 17.9 Å². The first-order chi connectivity index (χ1) is 13.2. The van der Waals surface area contributed by atoms with Crippen LogP contribution in [-0.2, 0) is 9.53 Å². The van der Waals surface area contributed by atoms with E-state index in [1.807, 2.05) is 54.6 Å². The monoisotopic (exact) mass is 386 g/mol. The molecule has 1 N–H and O–H groups in total. The summed E-state index contributed by atoms with van der Waals surface area (Å²) in [7, 11) is 0. The second kappa shape index (κ2) is 9.32. The van der Waals surface area contributed by atoms with E-state index in [2.05, 4.69) is 5.32 Å². The molecule has 6 nitrogen and oxygen atoms in total. The van der Waals surface area contributed by atoms with E-state index in [1.165, 1.54) is 0 Å². The van der Waals surface area contributed by atoms with Gasteiger partial charge in [0.05, 0.1) is 6.61 Å². The molecule has 1 aliphatic rings. The molecule has 0 saturated carbocycles.